The molecule has 70 heavy (non-hydrogen) atoms. The molecule has 1 aliphatic carbocycles. The van der Waals surface area contributed by atoms with Crippen molar-refractivity contribution < 1.29 is 40.8 Å². The molecule has 2 atom stereocenters. The largest absolute Gasteiger partial charge is 0.475 e. The number of ether oxygens (including phenoxy) is 3. The van der Waals surface area contributed by atoms with Gasteiger partial charge in [-0.3, -0.25) is 19.8 Å². The highest BCUT2D eigenvalue weighted by Crippen LogP contribution is 2.53. The number of aromatic amines is 1. The summed E-state index contributed by atoms with van der Waals surface area (Å²) in [5.74, 6) is -0.202. The molecule has 0 unspecified atom stereocenters. The number of carbonyl (C=O) groups excluding carboxylic acids is 1. The van der Waals surface area contributed by atoms with Crippen LogP contribution in [0.3, 0.4) is 0 Å². The second-order valence-electron chi connectivity index (χ2n) is 19.7. The van der Waals surface area contributed by atoms with Crippen molar-refractivity contribution in [2.45, 2.75) is 92.0 Å². The Morgan fingerprint density at radius 3 is 2.53 bits per heavy atom. The van der Waals surface area contributed by atoms with Crippen molar-refractivity contribution in [1.82, 2.24) is 28.9 Å². The highest BCUT2D eigenvalue weighted by atomic mass is 32.2. The maximum atomic E-state index is 14.1. The molecule has 3 aromatic heterocycles. The molecule has 5 aromatic rings. The van der Waals surface area contributed by atoms with Gasteiger partial charge in [-0.1, -0.05) is 38.1 Å². The molecule has 2 aromatic carbocycles. The van der Waals surface area contributed by atoms with E-state index in [-0.39, 0.29) is 51.3 Å². The third-order valence-corrected chi connectivity index (χ3v) is 18.7. The zero-order valence-corrected chi connectivity index (χ0v) is 41.9. The molecule has 3 saturated heterocycles. The first-order chi connectivity index (χ1) is 33.5. The summed E-state index contributed by atoms with van der Waals surface area (Å²) in [6.07, 6.45) is 10.6. The molecule has 0 bridgehead atoms. The predicted octanol–water partition coefficient (Wildman–Crippen LogP) is 7.64. The van der Waals surface area contributed by atoms with E-state index in [1.165, 1.54) is 45.7 Å². The number of H-pyrrole nitrogens is 1. The van der Waals surface area contributed by atoms with Gasteiger partial charge < -0.3 is 24.1 Å². The van der Waals surface area contributed by atoms with Crippen LogP contribution in [0.4, 0.5) is 11.4 Å². The molecule has 18 nitrogen and oxygen atoms in total. The molecular weight excluding hydrogens is 957 g/mol. The number of rotatable bonds is 13. The Morgan fingerprint density at radius 2 is 1.79 bits per heavy atom. The number of fused-ring (bicyclic) bond motifs is 2. The van der Waals surface area contributed by atoms with Crippen LogP contribution in [0.2, 0.25) is 0 Å². The molecule has 1 saturated carbocycles. The maximum Gasteiger partial charge on any atom is 0.291 e. The number of hydrogen-bond donors (Lipinski definition) is 2. The number of nitro groups is 1. The van der Waals surface area contributed by atoms with Gasteiger partial charge in [0.25, 0.3) is 21.6 Å². The number of anilines is 1. The van der Waals surface area contributed by atoms with E-state index >= 15 is 0 Å². The number of sulfonamides is 2. The van der Waals surface area contributed by atoms with Crippen LogP contribution in [0.15, 0.2) is 83.0 Å². The first-order valence-corrected chi connectivity index (χ1v) is 28.2. The molecule has 10 rings (SSSR count). The van der Waals surface area contributed by atoms with Crippen LogP contribution in [0.25, 0.3) is 11.0 Å². The zero-order valence-electron chi connectivity index (χ0n) is 39.4. The first-order valence-electron chi connectivity index (χ1n) is 24.0. The summed E-state index contributed by atoms with van der Waals surface area (Å²) < 4.78 is 73.7. The van der Waals surface area contributed by atoms with Crippen LogP contribution in [0, 0.1) is 21.4 Å². The molecule has 0 radical (unpaired) electrons. The number of piperidine rings is 2. The van der Waals surface area contributed by atoms with Crippen molar-refractivity contribution in [1.29, 1.82) is 0 Å². The van der Waals surface area contributed by atoms with E-state index in [4.69, 9.17) is 14.2 Å². The predicted molar refractivity (Wildman–Crippen MR) is 265 cm³/mol. The number of hydrogen-bond acceptors (Lipinski definition) is 15. The molecule has 372 valence electrons. The molecule has 2 N–H and O–H groups in total. The smallest absolute Gasteiger partial charge is 0.291 e. The van der Waals surface area contributed by atoms with E-state index in [1.54, 1.807) is 24.4 Å². The molecule has 5 aliphatic rings. The minimum Gasteiger partial charge on any atom is -0.475 e. The summed E-state index contributed by atoms with van der Waals surface area (Å²) in [5.41, 5.74) is 3.84. The fraction of sp³-hybridized carbons (Fsp3) is 0.490. The summed E-state index contributed by atoms with van der Waals surface area (Å²) >= 11 is 1.19. The maximum absolute atomic E-state index is 14.1. The number of aromatic nitrogens is 3. The van der Waals surface area contributed by atoms with Crippen molar-refractivity contribution in [3.05, 3.63) is 99.9 Å². The number of pyridine rings is 2. The molecule has 1 spiro atoms. The first kappa shape index (κ1) is 48.3. The molecule has 1 amide bonds. The van der Waals surface area contributed by atoms with E-state index < -0.39 is 41.6 Å². The minimum atomic E-state index is -4.79. The summed E-state index contributed by atoms with van der Waals surface area (Å²) in [6.45, 7) is 9.34. The molecule has 4 fully saturated rings. The van der Waals surface area contributed by atoms with E-state index in [1.807, 2.05) is 6.07 Å². The molecule has 4 aliphatic heterocycles. The van der Waals surface area contributed by atoms with Crippen LogP contribution >= 0.6 is 11.8 Å². The number of amides is 1. The lowest BCUT2D eigenvalue weighted by Crippen LogP contribution is -2.58. The average molecular weight is 1020 g/mol. The standard InChI is InChI=1S/C49H58N8O10S3/c1-31(2)38-6-4-5-7-39(38)42-30-65-21-20-56(42)35-26-49(27-35)13-18-54(19-14-49)34-8-9-40(43(24-34)67-36-23-33-10-15-50-46(33)51-28-36)47(58)53-70(63,64)44-25-41(57(59)60)45-48(52-44)66-29-37(68-45)22-32-11-16-55(17-12-32)69(3,61)62/h4-10,15,23-25,28,31-32,35,37,42H,11-14,16-22,26-27,29-30H2,1-3H3,(H,50,51)(H,53,58)/t37-,42+/m0/s1. The van der Waals surface area contributed by atoms with E-state index in [0.717, 1.165) is 69.1 Å². The fourth-order valence-electron chi connectivity index (χ4n) is 11.1. The van der Waals surface area contributed by atoms with Crippen LogP contribution in [0.1, 0.15) is 92.2 Å². The number of carbonyl (C=O) groups is 1. The third kappa shape index (κ3) is 9.97. The monoisotopic (exact) mass is 1010 g/mol. The van der Waals surface area contributed by atoms with Crippen molar-refractivity contribution in [3.63, 3.8) is 0 Å². The number of benzene rings is 2. The number of morpholine rings is 1. The van der Waals surface area contributed by atoms with Gasteiger partial charge in [-0.15, -0.1) is 11.8 Å². The van der Waals surface area contributed by atoms with Crippen molar-refractivity contribution in [3.8, 4) is 17.4 Å². The van der Waals surface area contributed by atoms with Gasteiger partial charge >= 0.3 is 0 Å². The summed E-state index contributed by atoms with van der Waals surface area (Å²) in [6, 6.07) is 19.0. The number of thioether (sulfide) groups is 1. The number of nitrogens with one attached hydrogen (secondary N) is 2. The van der Waals surface area contributed by atoms with Gasteiger partial charge in [-0.2, -0.15) is 13.4 Å². The minimum absolute atomic E-state index is 0.0830. The Kier molecular flexibility index (Phi) is 13.4. The van der Waals surface area contributed by atoms with Gasteiger partial charge in [0.1, 0.15) is 28.6 Å². The summed E-state index contributed by atoms with van der Waals surface area (Å²) in [5, 5.41) is 12.2. The van der Waals surface area contributed by atoms with Gasteiger partial charge in [0.15, 0.2) is 5.03 Å². The topological polar surface area (TPSA) is 219 Å². The zero-order chi connectivity index (χ0) is 49.0. The average Bonchev–Trinajstić information content (AvgIpc) is 3.81. The van der Waals surface area contributed by atoms with E-state index in [0.29, 0.717) is 62.3 Å². The fourth-order valence-corrected chi connectivity index (χ4v) is 14.2. The lowest BCUT2D eigenvalue weighted by Gasteiger charge is -2.57. The van der Waals surface area contributed by atoms with Crippen LogP contribution in [-0.2, 0) is 24.8 Å². The second-order valence-corrected chi connectivity index (χ2v) is 24.7. The number of nitrogens with zero attached hydrogens (tertiary/aromatic N) is 6. The second kappa shape index (κ2) is 19.4. The highest BCUT2D eigenvalue weighted by Gasteiger charge is 2.50. The van der Waals surface area contributed by atoms with Gasteiger partial charge in [-0.25, -0.2) is 22.4 Å². The lowest BCUT2D eigenvalue weighted by atomic mass is 9.59. The van der Waals surface area contributed by atoms with Gasteiger partial charge in [0.05, 0.1) is 48.3 Å². The van der Waals surface area contributed by atoms with E-state index in [9.17, 15) is 31.7 Å². The van der Waals surface area contributed by atoms with Crippen molar-refractivity contribution >= 4 is 60.1 Å². The molecule has 21 heteroatoms. The Balaban J connectivity index is 0.839. The van der Waals surface area contributed by atoms with Crippen LogP contribution in [-0.4, -0.2) is 122 Å². The van der Waals surface area contributed by atoms with Crippen molar-refractivity contribution in [2.24, 2.45) is 11.3 Å². The Bertz CT molecular complexity index is 3020. The Morgan fingerprint density at radius 1 is 1.01 bits per heavy atom. The van der Waals surface area contributed by atoms with Crippen LogP contribution in [0.5, 0.6) is 17.4 Å². The van der Waals surface area contributed by atoms with Crippen LogP contribution < -0.4 is 19.1 Å². The van der Waals surface area contributed by atoms with Crippen molar-refractivity contribution in [2.75, 3.05) is 63.7 Å². The third-order valence-electron chi connectivity index (χ3n) is 14.9. The molecule has 7 heterocycles. The van der Waals surface area contributed by atoms with Gasteiger partial charge in [-0.05, 0) is 97.6 Å². The SMILES string of the molecule is CC(C)c1ccccc1[C@H]1COCCN1C1CC2(CCN(c3ccc(C(=O)NS(=O)(=O)c4cc([N+](=O)[O-])c5c(n4)OC[C@H](CC4CCN(S(C)(=O)=O)CC4)S5)c(Oc4cnc5[nH]ccc5c4)c3)CC2)C1. The summed E-state index contributed by atoms with van der Waals surface area (Å²) in [4.78, 5) is 42.6. The quantitative estimate of drug-likeness (QED) is 0.0855. The highest BCUT2D eigenvalue weighted by molar-refractivity contribution is 8.00. The Hall–Kier alpha value is -5.32. The summed E-state index contributed by atoms with van der Waals surface area (Å²) in [7, 11) is -8.08. The Labute approximate surface area is 412 Å². The van der Waals surface area contributed by atoms with Gasteiger partial charge in [0, 0.05) is 67.4 Å². The van der Waals surface area contributed by atoms with Gasteiger partial charge in [0.2, 0.25) is 15.9 Å². The normalized spacial score (nSPS) is 21.6. The molecular formula is C49H58N8O10S3. The lowest BCUT2D eigenvalue weighted by molar-refractivity contribution is -0.388. The van der Waals surface area contributed by atoms with E-state index in [2.05, 4.69) is 67.6 Å².